The van der Waals surface area contributed by atoms with Gasteiger partial charge in [0, 0.05) is 23.3 Å². The maximum atomic E-state index is 12.2. The van der Waals surface area contributed by atoms with Crippen molar-refractivity contribution in [3.8, 4) is 0 Å². The number of carbonyl (C=O) groups excluding carboxylic acids is 3. The third kappa shape index (κ3) is 4.33. The van der Waals surface area contributed by atoms with Crippen LogP contribution in [0.1, 0.15) is 55.1 Å². The summed E-state index contributed by atoms with van der Waals surface area (Å²) in [6.45, 7) is 7.60. The molecule has 0 saturated carbocycles. The van der Waals surface area contributed by atoms with Gasteiger partial charge in [-0.2, -0.15) is 0 Å². The maximum Gasteiger partial charge on any atom is 0.251 e. The molecule has 0 fully saturated rings. The number of nitrogens with one attached hydrogen (secondary N) is 1. The summed E-state index contributed by atoms with van der Waals surface area (Å²) < 4.78 is 0. The second-order valence-electron chi connectivity index (χ2n) is 6.12. The molecule has 0 spiro atoms. The Morgan fingerprint density at radius 2 is 1.72 bits per heavy atom. The number of ketones is 1. The molecule has 2 amide bonds. The van der Waals surface area contributed by atoms with Crippen LogP contribution in [-0.4, -0.2) is 17.6 Å². The highest BCUT2D eigenvalue weighted by molar-refractivity contribution is 7.16. The van der Waals surface area contributed by atoms with Crippen molar-refractivity contribution in [1.29, 1.82) is 0 Å². The molecule has 132 valence electrons. The van der Waals surface area contributed by atoms with Gasteiger partial charge in [-0.05, 0) is 50.5 Å². The minimum absolute atomic E-state index is 0.0555. The highest BCUT2D eigenvalue weighted by Crippen LogP contribution is 2.32. The summed E-state index contributed by atoms with van der Waals surface area (Å²) >= 11 is 1.31. The number of primary amides is 1. The zero-order chi connectivity index (χ0) is 18.7. The predicted octanol–water partition coefficient (Wildman–Crippen LogP) is 3.68. The van der Waals surface area contributed by atoms with Crippen molar-refractivity contribution in [2.75, 3.05) is 5.32 Å². The normalized spacial score (nSPS) is 10.6. The average molecular weight is 358 g/mol. The second kappa shape index (κ2) is 7.61. The summed E-state index contributed by atoms with van der Waals surface area (Å²) in [4.78, 5) is 36.9. The Bertz CT molecular complexity index is 853. The van der Waals surface area contributed by atoms with Crippen LogP contribution in [0.3, 0.4) is 0 Å². The standard InChI is InChI=1S/C19H22N2O3S/c1-10-5-6-14(9-11(10)2)15(22)7-8-16(23)21-19-17(18(20)24)12(3)13(4)25-19/h5-6,9H,7-8H2,1-4H3,(H2,20,24)(H,21,23). The largest absolute Gasteiger partial charge is 0.365 e. The predicted molar refractivity (Wildman–Crippen MR) is 100 cm³/mol. The third-order valence-corrected chi connectivity index (χ3v) is 5.42. The minimum Gasteiger partial charge on any atom is -0.365 e. The highest BCUT2D eigenvalue weighted by atomic mass is 32.1. The SMILES string of the molecule is Cc1ccc(C(=O)CCC(=O)Nc2sc(C)c(C)c2C(N)=O)cc1C. The molecule has 0 aliphatic heterocycles. The fraction of sp³-hybridized carbons (Fsp3) is 0.316. The van der Waals surface area contributed by atoms with Crippen LogP contribution in [0.2, 0.25) is 0 Å². The molecular weight excluding hydrogens is 336 g/mol. The molecule has 6 heteroatoms. The van der Waals surface area contributed by atoms with E-state index in [9.17, 15) is 14.4 Å². The molecule has 0 saturated heterocycles. The molecule has 2 aromatic rings. The van der Waals surface area contributed by atoms with Crippen molar-refractivity contribution in [3.05, 3.63) is 50.9 Å². The van der Waals surface area contributed by atoms with E-state index in [4.69, 9.17) is 5.73 Å². The van der Waals surface area contributed by atoms with Crippen LogP contribution in [0.5, 0.6) is 0 Å². The van der Waals surface area contributed by atoms with Crippen molar-refractivity contribution in [2.45, 2.75) is 40.5 Å². The molecule has 25 heavy (non-hydrogen) atoms. The number of thiophene rings is 1. The Labute approximate surface area is 151 Å². The lowest BCUT2D eigenvalue weighted by Crippen LogP contribution is -2.18. The quantitative estimate of drug-likeness (QED) is 0.772. The molecule has 0 bridgehead atoms. The van der Waals surface area contributed by atoms with Crippen molar-refractivity contribution in [2.24, 2.45) is 5.73 Å². The summed E-state index contributed by atoms with van der Waals surface area (Å²) in [7, 11) is 0. The van der Waals surface area contributed by atoms with E-state index in [0.717, 1.165) is 21.6 Å². The fourth-order valence-corrected chi connectivity index (χ4v) is 3.57. The van der Waals surface area contributed by atoms with Gasteiger partial charge in [-0.1, -0.05) is 12.1 Å². The Morgan fingerprint density at radius 3 is 2.32 bits per heavy atom. The van der Waals surface area contributed by atoms with Crippen LogP contribution in [0.25, 0.3) is 0 Å². The third-order valence-electron chi connectivity index (χ3n) is 4.29. The van der Waals surface area contributed by atoms with Crippen LogP contribution < -0.4 is 11.1 Å². The van der Waals surface area contributed by atoms with Crippen LogP contribution in [-0.2, 0) is 4.79 Å². The lowest BCUT2D eigenvalue weighted by atomic mass is 10.0. The van der Waals surface area contributed by atoms with Gasteiger partial charge in [0.15, 0.2) is 5.78 Å². The number of nitrogens with two attached hydrogens (primary N) is 1. The smallest absolute Gasteiger partial charge is 0.251 e. The molecule has 0 aliphatic rings. The van der Waals surface area contributed by atoms with Gasteiger partial charge in [-0.3, -0.25) is 14.4 Å². The highest BCUT2D eigenvalue weighted by Gasteiger charge is 2.19. The van der Waals surface area contributed by atoms with Gasteiger partial charge in [-0.15, -0.1) is 11.3 Å². The lowest BCUT2D eigenvalue weighted by molar-refractivity contribution is -0.116. The Morgan fingerprint density at radius 1 is 1.04 bits per heavy atom. The number of carbonyl (C=O) groups is 3. The number of Topliss-reactive ketones (excluding diaryl/α,β-unsaturated/α-hetero) is 1. The second-order valence-corrected chi connectivity index (χ2v) is 7.35. The van der Waals surface area contributed by atoms with Crippen molar-refractivity contribution >= 4 is 33.9 Å². The first-order valence-corrected chi connectivity index (χ1v) is 8.82. The van der Waals surface area contributed by atoms with Gasteiger partial charge in [0.05, 0.1) is 5.56 Å². The number of anilines is 1. The summed E-state index contributed by atoms with van der Waals surface area (Å²) in [5.74, 6) is -0.948. The lowest BCUT2D eigenvalue weighted by Gasteiger charge is -2.06. The van der Waals surface area contributed by atoms with Crippen molar-refractivity contribution < 1.29 is 14.4 Å². The van der Waals surface area contributed by atoms with Crippen LogP contribution in [0, 0.1) is 27.7 Å². The molecule has 0 atom stereocenters. The molecule has 2 rings (SSSR count). The summed E-state index contributed by atoms with van der Waals surface area (Å²) in [6, 6.07) is 5.52. The molecule has 1 heterocycles. The monoisotopic (exact) mass is 358 g/mol. The van der Waals surface area contributed by atoms with E-state index in [2.05, 4.69) is 5.32 Å². The Balaban J connectivity index is 2.01. The van der Waals surface area contributed by atoms with Gasteiger partial charge in [0.2, 0.25) is 5.91 Å². The van der Waals surface area contributed by atoms with Crippen molar-refractivity contribution in [3.63, 3.8) is 0 Å². The van der Waals surface area contributed by atoms with E-state index >= 15 is 0 Å². The zero-order valence-electron chi connectivity index (χ0n) is 14.9. The van der Waals surface area contributed by atoms with E-state index in [0.29, 0.717) is 16.1 Å². The first-order chi connectivity index (χ1) is 11.7. The molecular formula is C19H22N2O3S. The van der Waals surface area contributed by atoms with Crippen LogP contribution in [0.4, 0.5) is 5.00 Å². The van der Waals surface area contributed by atoms with Gasteiger partial charge < -0.3 is 11.1 Å². The van der Waals surface area contributed by atoms with E-state index < -0.39 is 5.91 Å². The fourth-order valence-electron chi connectivity index (χ4n) is 2.49. The number of hydrogen-bond donors (Lipinski definition) is 2. The van der Waals surface area contributed by atoms with E-state index in [1.165, 1.54) is 11.3 Å². The van der Waals surface area contributed by atoms with Gasteiger partial charge in [0.25, 0.3) is 5.91 Å². The minimum atomic E-state index is -0.566. The van der Waals surface area contributed by atoms with E-state index in [1.54, 1.807) is 13.0 Å². The summed E-state index contributed by atoms with van der Waals surface area (Å²) in [5, 5.41) is 3.16. The topological polar surface area (TPSA) is 89.3 Å². The Hall–Kier alpha value is -2.47. The zero-order valence-corrected chi connectivity index (χ0v) is 15.7. The molecule has 5 nitrogen and oxygen atoms in total. The summed E-state index contributed by atoms with van der Waals surface area (Å²) in [6.07, 6.45) is 0.170. The van der Waals surface area contributed by atoms with Crippen molar-refractivity contribution in [1.82, 2.24) is 0 Å². The van der Waals surface area contributed by atoms with E-state index in [1.807, 2.05) is 32.9 Å². The molecule has 0 radical (unpaired) electrons. The number of rotatable bonds is 6. The number of aryl methyl sites for hydroxylation is 3. The average Bonchev–Trinajstić information content (AvgIpc) is 2.81. The number of hydrogen-bond acceptors (Lipinski definition) is 4. The first-order valence-electron chi connectivity index (χ1n) is 8.00. The molecule has 3 N–H and O–H groups in total. The van der Waals surface area contributed by atoms with Gasteiger partial charge in [0.1, 0.15) is 5.00 Å². The maximum absolute atomic E-state index is 12.2. The van der Waals surface area contributed by atoms with Gasteiger partial charge in [-0.25, -0.2) is 0 Å². The first kappa shape index (κ1) is 18.9. The van der Waals surface area contributed by atoms with Crippen LogP contribution >= 0.6 is 11.3 Å². The molecule has 0 unspecified atom stereocenters. The molecule has 1 aromatic heterocycles. The number of benzene rings is 1. The van der Waals surface area contributed by atoms with E-state index in [-0.39, 0.29) is 24.5 Å². The Kier molecular flexibility index (Phi) is 5.74. The van der Waals surface area contributed by atoms with Gasteiger partial charge >= 0.3 is 0 Å². The van der Waals surface area contributed by atoms with Crippen LogP contribution in [0.15, 0.2) is 18.2 Å². The number of amides is 2. The summed E-state index contributed by atoms with van der Waals surface area (Å²) in [5.41, 5.74) is 9.29. The molecule has 1 aromatic carbocycles. The molecule has 0 aliphatic carbocycles.